The fourth-order valence-corrected chi connectivity index (χ4v) is 4.38. The van der Waals surface area contributed by atoms with Crippen molar-refractivity contribution in [1.29, 1.82) is 0 Å². The number of likely N-dealkylation sites (tertiary alicyclic amines) is 1. The number of carbonyl (C=O) groups is 2. The van der Waals surface area contributed by atoms with E-state index in [0.29, 0.717) is 30.1 Å². The zero-order valence-corrected chi connectivity index (χ0v) is 17.8. The highest BCUT2D eigenvalue weighted by Gasteiger charge is 2.31. The molecule has 31 heavy (non-hydrogen) atoms. The van der Waals surface area contributed by atoms with Crippen LogP contribution in [0.5, 0.6) is 0 Å². The maximum atomic E-state index is 13.5. The smallest absolute Gasteiger partial charge is 0.254 e. The van der Waals surface area contributed by atoms with Crippen LogP contribution in [0.4, 0.5) is 0 Å². The lowest BCUT2D eigenvalue weighted by Crippen LogP contribution is -2.46. The van der Waals surface area contributed by atoms with Crippen molar-refractivity contribution >= 4 is 22.8 Å². The number of carbonyl (C=O) groups excluding carboxylic acids is 2. The molecule has 3 aromatic rings. The van der Waals surface area contributed by atoms with Gasteiger partial charge in [0.05, 0.1) is 22.2 Å². The molecule has 8 heteroatoms. The van der Waals surface area contributed by atoms with E-state index in [0.717, 1.165) is 48.1 Å². The van der Waals surface area contributed by atoms with Gasteiger partial charge in [-0.25, -0.2) is 4.98 Å². The maximum Gasteiger partial charge on any atom is 0.254 e. The molecule has 0 unspecified atom stereocenters. The second-order valence-corrected chi connectivity index (χ2v) is 8.56. The van der Waals surface area contributed by atoms with Crippen LogP contribution in [0.3, 0.4) is 0 Å². The van der Waals surface area contributed by atoms with Crippen molar-refractivity contribution in [2.45, 2.75) is 44.6 Å². The lowest BCUT2D eigenvalue weighted by Gasteiger charge is -2.32. The number of nitrogens with zero attached hydrogens (tertiary/aromatic N) is 5. The Morgan fingerprint density at radius 1 is 1.16 bits per heavy atom. The maximum absolute atomic E-state index is 13.5. The van der Waals surface area contributed by atoms with E-state index in [4.69, 9.17) is 4.98 Å². The molecule has 2 aliphatic rings. The lowest BCUT2D eigenvalue weighted by molar-refractivity contribution is 0.0699. The Balaban J connectivity index is 1.32. The molecule has 160 valence electrons. The average Bonchev–Trinajstić information content (AvgIpc) is 3.60. The van der Waals surface area contributed by atoms with E-state index in [9.17, 15) is 9.59 Å². The minimum absolute atomic E-state index is 0.0300. The molecule has 0 radical (unpaired) electrons. The van der Waals surface area contributed by atoms with Crippen LogP contribution in [0.15, 0.2) is 30.6 Å². The van der Waals surface area contributed by atoms with Gasteiger partial charge in [-0.05, 0) is 50.8 Å². The van der Waals surface area contributed by atoms with E-state index in [1.54, 1.807) is 29.2 Å². The van der Waals surface area contributed by atoms with E-state index in [-0.39, 0.29) is 17.9 Å². The fourth-order valence-electron chi connectivity index (χ4n) is 4.38. The number of pyridine rings is 2. The van der Waals surface area contributed by atoms with Gasteiger partial charge in [-0.3, -0.25) is 19.3 Å². The van der Waals surface area contributed by atoms with Crippen LogP contribution in [0.2, 0.25) is 0 Å². The third-order valence-corrected chi connectivity index (χ3v) is 6.26. The number of piperidine rings is 1. The summed E-state index contributed by atoms with van der Waals surface area (Å²) < 4.78 is 1.77. The summed E-state index contributed by atoms with van der Waals surface area (Å²) in [4.78, 5) is 36.6. The van der Waals surface area contributed by atoms with Gasteiger partial charge >= 0.3 is 0 Å². The van der Waals surface area contributed by atoms with Crippen molar-refractivity contribution in [2.75, 3.05) is 13.1 Å². The van der Waals surface area contributed by atoms with Gasteiger partial charge in [0, 0.05) is 50.2 Å². The number of hydrogen-bond acceptors (Lipinski definition) is 5. The molecule has 2 fully saturated rings. The Labute approximate surface area is 180 Å². The molecule has 5 rings (SSSR count). The summed E-state index contributed by atoms with van der Waals surface area (Å²) in [6, 6.07) is 5.54. The summed E-state index contributed by atoms with van der Waals surface area (Å²) in [6.07, 6.45) is 6.93. The third kappa shape index (κ3) is 3.78. The number of hydrogen-bond donors (Lipinski definition) is 1. The van der Waals surface area contributed by atoms with Gasteiger partial charge in [-0.15, -0.1) is 0 Å². The van der Waals surface area contributed by atoms with Gasteiger partial charge in [0.2, 0.25) is 0 Å². The minimum atomic E-state index is -0.117. The Hall–Kier alpha value is -3.29. The summed E-state index contributed by atoms with van der Waals surface area (Å²) in [5.74, 6) is 0.371. The van der Waals surface area contributed by atoms with Crippen molar-refractivity contribution in [1.82, 2.24) is 30.0 Å². The number of fused-ring (bicyclic) bond motifs is 1. The van der Waals surface area contributed by atoms with Gasteiger partial charge in [0.25, 0.3) is 11.8 Å². The Kier molecular flexibility index (Phi) is 4.92. The highest BCUT2D eigenvalue weighted by molar-refractivity contribution is 6.06. The van der Waals surface area contributed by atoms with Gasteiger partial charge in [0.1, 0.15) is 0 Å². The SMILES string of the molecule is Cc1nn(C)c2nc(C3CC3)cc(C(=O)N3CCC(NC(=O)c4cccnc4)CC3)c12. The van der Waals surface area contributed by atoms with Crippen LogP contribution in [-0.2, 0) is 7.05 Å². The van der Waals surface area contributed by atoms with Crippen molar-refractivity contribution in [3.05, 3.63) is 53.1 Å². The van der Waals surface area contributed by atoms with Crippen LogP contribution in [0.1, 0.15) is 63.7 Å². The van der Waals surface area contributed by atoms with Gasteiger partial charge in [-0.2, -0.15) is 5.10 Å². The predicted octanol–water partition coefficient (Wildman–Crippen LogP) is 2.58. The number of aromatic nitrogens is 4. The van der Waals surface area contributed by atoms with Crippen molar-refractivity contribution in [3.8, 4) is 0 Å². The first-order valence-electron chi connectivity index (χ1n) is 10.9. The molecule has 3 aromatic heterocycles. The van der Waals surface area contributed by atoms with Crippen LogP contribution in [-0.4, -0.2) is 55.6 Å². The van der Waals surface area contributed by atoms with E-state index in [1.807, 2.05) is 24.9 Å². The summed E-state index contributed by atoms with van der Waals surface area (Å²) >= 11 is 0. The van der Waals surface area contributed by atoms with Crippen LogP contribution in [0.25, 0.3) is 11.0 Å². The second kappa shape index (κ2) is 7.76. The molecule has 1 saturated carbocycles. The molecule has 1 aliphatic heterocycles. The quantitative estimate of drug-likeness (QED) is 0.703. The molecule has 0 spiro atoms. The zero-order valence-electron chi connectivity index (χ0n) is 17.8. The third-order valence-electron chi connectivity index (χ3n) is 6.26. The minimum Gasteiger partial charge on any atom is -0.349 e. The van der Waals surface area contributed by atoms with E-state index >= 15 is 0 Å². The molecule has 2 amide bonds. The highest BCUT2D eigenvalue weighted by atomic mass is 16.2. The molecule has 1 aliphatic carbocycles. The topological polar surface area (TPSA) is 93.0 Å². The Morgan fingerprint density at radius 3 is 2.61 bits per heavy atom. The van der Waals surface area contributed by atoms with Crippen molar-refractivity contribution < 1.29 is 9.59 Å². The summed E-state index contributed by atoms with van der Waals surface area (Å²) in [6.45, 7) is 3.15. The average molecular weight is 419 g/mol. The molecule has 1 N–H and O–H groups in total. The van der Waals surface area contributed by atoms with Crippen molar-refractivity contribution in [3.63, 3.8) is 0 Å². The molecule has 1 saturated heterocycles. The molecule has 0 aromatic carbocycles. The second-order valence-electron chi connectivity index (χ2n) is 8.56. The molecule has 4 heterocycles. The van der Waals surface area contributed by atoms with E-state index in [2.05, 4.69) is 15.4 Å². The summed E-state index contributed by atoms with van der Waals surface area (Å²) in [7, 11) is 1.88. The number of rotatable bonds is 4. The standard InChI is InChI=1S/C23H26N6O2/c1-14-20-18(12-19(15-5-6-15)26-21(20)28(2)27-14)23(31)29-10-7-17(8-11-29)25-22(30)16-4-3-9-24-13-16/h3-4,9,12-13,15,17H,5-8,10-11H2,1-2H3,(H,25,30). The Bertz CT molecular complexity index is 1140. The lowest BCUT2D eigenvalue weighted by atomic mass is 10.0. The zero-order chi connectivity index (χ0) is 21.5. The number of aryl methyl sites for hydroxylation is 2. The first kappa shape index (κ1) is 19.7. The number of amides is 2. The van der Waals surface area contributed by atoms with Gasteiger partial charge < -0.3 is 10.2 Å². The monoisotopic (exact) mass is 418 g/mol. The highest BCUT2D eigenvalue weighted by Crippen LogP contribution is 2.40. The predicted molar refractivity (Wildman–Crippen MR) is 116 cm³/mol. The first-order chi connectivity index (χ1) is 15.0. The van der Waals surface area contributed by atoms with Crippen LogP contribution < -0.4 is 5.32 Å². The normalized spacial score (nSPS) is 17.2. The molecular formula is C23H26N6O2. The summed E-state index contributed by atoms with van der Waals surface area (Å²) in [5.41, 5.74) is 3.87. The van der Waals surface area contributed by atoms with Gasteiger partial charge in [-0.1, -0.05) is 0 Å². The van der Waals surface area contributed by atoms with Crippen LogP contribution >= 0.6 is 0 Å². The first-order valence-corrected chi connectivity index (χ1v) is 10.9. The number of nitrogens with one attached hydrogen (secondary N) is 1. The van der Waals surface area contributed by atoms with Gasteiger partial charge in [0.15, 0.2) is 5.65 Å². The van der Waals surface area contributed by atoms with Crippen molar-refractivity contribution in [2.24, 2.45) is 7.05 Å². The molecule has 8 nitrogen and oxygen atoms in total. The van der Waals surface area contributed by atoms with E-state index in [1.165, 1.54) is 0 Å². The molecule has 0 bridgehead atoms. The molecule has 0 atom stereocenters. The van der Waals surface area contributed by atoms with Crippen LogP contribution in [0, 0.1) is 6.92 Å². The molecular weight excluding hydrogens is 392 g/mol. The Morgan fingerprint density at radius 2 is 1.94 bits per heavy atom. The largest absolute Gasteiger partial charge is 0.349 e. The summed E-state index contributed by atoms with van der Waals surface area (Å²) in [5, 5.41) is 8.42. The fraction of sp³-hybridized carbons (Fsp3) is 0.435. The van der Waals surface area contributed by atoms with E-state index < -0.39 is 0 Å².